The fourth-order valence-corrected chi connectivity index (χ4v) is 3.48. The van der Waals surface area contributed by atoms with Crippen LogP contribution in [0.2, 0.25) is 0 Å². The van der Waals surface area contributed by atoms with E-state index in [0.717, 1.165) is 10.5 Å². The van der Waals surface area contributed by atoms with Crippen LogP contribution >= 0.6 is 0 Å². The average Bonchev–Trinajstić information content (AvgIpc) is 2.58. The molecule has 0 aromatic heterocycles. The molecule has 0 aliphatic heterocycles. The smallest absolute Gasteiger partial charge is 0.414 e. The Kier molecular flexibility index (Phi) is 9.17. The first-order chi connectivity index (χ1) is 13.1. The lowest BCUT2D eigenvalue weighted by molar-refractivity contribution is -0.124. The van der Waals surface area contributed by atoms with Gasteiger partial charge in [-0.2, -0.15) is 0 Å². The maximum Gasteiger partial charge on any atom is 0.414 e. The first-order valence-corrected chi connectivity index (χ1v) is 10.0. The van der Waals surface area contributed by atoms with Crippen molar-refractivity contribution in [1.82, 2.24) is 4.90 Å². The van der Waals surface area contributed by atoms with E-state index in [2.05, 4.69) is 32.9 Å². The molecule has 1 aliphatic rings. The Labute approximate surface area is 170 Å². The van der Waals surface area contributed by atoms with Gasteiger partial charge in [0, 0.05) is 12.6 Å². The van der Waals surface area contributed by atoms with Gasteiger partial charge in [0.05, 0.1) is 0 Å². The van der Waals surface area contributed by atoms with E-state index in [1.807, 2.05) is 32.1 Å². The van der Waals surface area contributed by atoms with Crippen molar-refractivity contribution < 1.29 is 14.7 Å². The lowest BCUT2D eigenvalue weighted by Gasteiger charge is -2.32. The molecular formula is C24H35NO3. The van der Waals surface area contributed by atoms with Crippen molar-refractivity contribution in [3.05, 3.63) is 58.7 Å². The van der Waals surface area contributed by atoms with Gasteiger partial charge in [-0.1, -0.05) is 62.3 Å². The van der Waals surface area contributed by atoms with E-state index < -0.39 is 12.0 Å². The van der Waals surface area contributed by atoms with Gasteiger partial charge in [-0.15, -0.1) is 0 Å². The summed E-state index contributed by atoms with van der Waals surface area (Å²) < 4.78 is 0. The van der Waals surface area contributed by atoms with E-state index >= 15 is 0 Å². The third-order valence-electron chi connectivity index (χ3n) is 5.07. The summed E-state index contributed by atoms with van der Waals surface area (Å²) >= 11 is 0. The fourth-order valence-electron chi connectivity index (χ4n) is 3.48. The lowest BCUT2D eigenvalue weighted by atomic mass is 9.72. The summed E-state index contributed by atoms with van der Waals surface area (Å²) in [5, 5.41) is 9.10. The molecule has 0 radical (unpaired) electrons. The molecule has 1 rings (SSSR count). The summed E-state index contributed by atoms with van der Waals surface area (Å²) in [6, 6.07) is 0. The Balaban J connectivity index is 2.80. The molecule has 0 spiro atoms. The van der Waals surface area contributed by atoms with Crippen LogP contribution < -0.4 is 0 Å². The molecule has 0 fully saturated rings. The molecular weight excluding hydrogens is 350 g/mol. The van der Waals surface area contributed by atoms with Crippen LogP contribution in [0.4, 0.5) is 4.79 Å². The van der Waals surface area contributed by atoms with Gasteiger partial charge in [-0.05, 0) is 63.0 Å². The van der Waals surface area contributed by atoms with Gasteiger partial charge in [0.1, 0.15) is 0 Å². The van der Waals surface area contributed by atoms with E-state index in [1.165, 1.54) is 36.5 Å². The predicted molar refractivity (Wildman–Crippen MR) is 116 cm³/mol. The zero-order chi connectivity index (χ0) is 21.3. The van der Waals surface area contributed by atoms with E-state index in [1.54, 1.807) is 6.92 Å². The first kappa shape index (κ1) is 23.7. The highest BCUT2D eigenvalue weighted by molar-refractivity contribution is 5.98. The molecule has 4 nitrogen and oxygen atoms in total. The van der Waals surface area contributed by atoms with E-state index in [4.69, 9.17) is 5.11 Å². The molecule has 28 heavy (non-hydrogen) atoms. The highest BCUT2D eigenvalue weighted by Crippen LogP contribution is 2.40. The van der Waals surface area contributed by atoms with Crippen LogP contribution in [-0.2, 0) is 4.79 Å². The van der Waals surface area contributed by atoms with Gasteiger partial charge < -0.3 is 5.11 Å². The van der Waals surface area contributed by atoms with Gasteiger partial charge >= 0.3 is 6.09 Å². The molecule has 1 aliphatic carbocycles. The third-order valence-corrected chi connectivity index (χ3v) is 5.07. The van der Waals surface area contributed by atoms with Crippen molar-refractivity contribution in [2.75, 3.05) is 6.54 Å². The van der Waals surface area contributed by atoms with Crippen LogP contribution in [0.3, 0.4) is 0 Å². The largest absolute Gasteiger partial charge is 0.465 e. The second-order valence-corrected chi connectivity index (χ2v) is 8.20. The lowest BCUT2D eigenvalue weighted by Crippen LogP contribution is -2.35. The normalized spacial score (nSPS) is 18.2. The van der Waals surface area contributed by atoms with Crippen LogP contribution in [0.5, 0.6) is 0 Å². The average molecular weight is 386 g/mol. The SMILES string of the molecule is CCCN(C(=O)O)C(=O)/C=C(C)/C=C/C=C(C)/C=C/C1=C(C)CCCC1(C)C. The van der Waals surface area contributed by atoms with Crippen molar-refractivity contribution >= 4 is 12.0 Å². The minimum absolute atomic E-state index is 0.205. The number of nitrogens with zero attached hydrogens (tertiary/aromatic N) is 1. The van der Waals surface area contributed by atoms with Crippen LogP contribution in [-0.4, -0.2) is 28.6 Å². The standard InChI is InChI=1S/C24H35NO3/c1-7-16-25(23(27)28)22(26)17-19(3)11-8-10-18(2)13-14-21-20(4)12-9-15-24(21,5)6/h8,10-11,13-14,17H,7,9,12,15-16H2,1-6H3,(H,27,28)/b11-8+,14-13+,18-10+,19-17+. The quantitative estimate of drug-likeness (QED) is 0.405. The molecule has 0 saturated carbocycles. The topological polar surface area (TPSA) is 57.6 Å². The maximum atomic E-state index is 12.1. The molecule has 154 valence electrons. The van der Waals surface area contributed by atoms with Gasteiger partial charge in [-0.25, -0.2) is 9.69 Å². The molecule has 1 N–H and O–H groups in total. The summed E-state index contributed by atoms with van der Waals surface area (Å²) in [7, 11) is 0. The Hall–Kier alpha value is -2.36. The highest BCUT2D eigenvalue weighted by atomic mass is 16.4. The van der Waals surface area contributed by atoms with Crippen molar-refractivity contribution in [2.24, 2.45) is 5.41 Å². The number of carbonyl (C=O) groups is 2. The van der Waals surface area contributed by atoms with Crippen LogP contribution in [0, 0.1) is 5.41 Å². The number of hydrogen-bond acceptors (Lipinski definition) is 2. The Morgan fingerprint density at radius 1 is 1.18 bits per heavy atom. The van der Waals surface area contributed by atoms with Crippen LogP contribution in [0.25, 0.3) is 0 Å². The number of hydrogen-bond donors (Lipinski definition) is 1. The van der Waals surface area contributed by atoms with Crippen molar-refractivity contribution in [3.63, 3.8) is 0 Å². The van der Waals surface area contributed by atoms with Gasteiger partial charge in [0.2, 0.25) is 0 Å². The minimum Gasteiger partial charge on any atom is -0.465 e. The molecule has 2 amide bonds. The monoisotopic (exact) mass is 385 g/mol. The van der Waals surface area contributed by atoms with E-state index in [-0.39, 0.29) is 12.0 Å². The van der Waals surface area contributed by atoms with Crippen LogP contribution in [0.1, 0.15) is 67.2 Å². The van der Waals surface area contributed by atoms with Crippen molar-refractivity contribution in [3.8, 4) is 0 Å². The summed E-state index contributed by atoms with van der Waals surface area (Å²) in [4.78, 5) is 24.0. The summed E-state index contributed by atoms with van der Waals surface area (Å²) in [6.07, 6.45) is 14.5. The predicted octanol–water partition coefficient (Wildman–Crippen LogP) is 6.43. The molecule has 0 aromatic rings. The summed E-state index contributed by atoms with van der Waals surface area (Å²) in [5.41, 5.74) is 4.97. The van der Waals surface area contributed by atoms with Crippen LogP contribution in [0.15, 0.2) is 58.7 Å². The number of allylic oxidation sites excluding steroid dienone is 9. The van der Waals surface area contributed by atoms with E-state index in [9.17, 15) is 9.59 Å². The molecule has 4 heteroatoms. The number of amides is 2. The highest BCUT2D eigenvalue weighted by Gasteiger charge is 2.26. The Bertz CT molecular complexity index is 733. The number of rotatable bonds is 7. The maximum absolute atomic E-state index is 12.1. The minimum atomic E-state index is -1.21. The van der Waals surface area contributed by atoms with Gasteiger partial charge in [0.15, 0.2) is 0 Å². The Morgan fingerprint density at radius 3 is 2.43 bits per heavy atom. The first-order valence-electron chi connectivity index (χ1n) is 10.0. The van der Waals surface area contributed by atoms with Gasteiger partial charge in [0.25, 0.3) is 5.91 Å². The number of carbonyl (C=O) groups excluding carboxylic acids is 1. The molecule has 0 aromatic carbocycles. The second kappa shape index (κ2) is 10.8. The van der Waals surface area contributed by atoms with E-state index in [0.29, 0.717) is 12.0 Å². The summed E-state index contributed by atoms with van der Waals surface area (Å²) in [5.74, 6) is -0.501. The zero-order valence-corrected chi connectivity index (χ0v) is 18.2. The molecule has 0 atom stereocenters. The summed E-state index contributed by atoms with van der Waals surface area (Å²) in [6.45, 7) is 12.7. The number of carboxylic acid groups (broad SMARTS) is 1. The number of imide groups is 1. The third kappa shape index (κ3) is 7.34. The van der Waals surface area contributed by atoms with Crippen molar-refractivity contribution in [2.45, 2.75) is 67.2 Å². The molecule has 0 bridgehead atoms. The molecule has 0 saturated heterocycles. The molecule has 0 heterocycles. The molecule has 0 unspecified atom stereocenters. The zero-order valence-electron chi connectivity index (χ0n) is 18.2. The second-order valence-electron chi connectivity index (χ2n) is 8.20. The Morgan fingerprint density at radius 2 is 1.86 bits per heavy atom. The van der Waals surface area contributed by atoms with Gasteiger partial charge in [-0.3, -0.25) is 4.79 Å². The van der Waals surface area contributed by atoms with Crippen molar-refractivity contribution in [1.29, 1.82) is 0 Å². The fraction of sp³-hybridized carbons (Fsp3) is 0.500.